The first-order valence-electron chi connectivity index (χ1n) is 5.90. The summed E-state index contributed by atoms with van der Waals surface area (Å²) in [5, 5.41) is 9.86. The second-order valence-corrected chi connectivity index (χ2v) is 6.22. The van der Waals surface area contributed by atoms with E-state index in [0.717, 1.165) is 16.1 Å². The van der Waals surface area contributed by atoms with E-state index in [4.69, 9.17) is 0 Å². The van der Waals surface area contributed by atoms with Crippen molar-refractivity contribution in [2.45, 2.75) is 4.90 Å². The summed E-state index contributed by atoms with van der Waals surface area (Å²) in [6.45, 7) is 0. The van der Waals surface area contributed by atoms with Crippen molar-refractivity contribution in [3.63, 3.8) is 0 Å². The van der Waals surface area contributed by atoms with Crippen LogP contribution in [-0.4, -0.2) is 17.5 Å². The van der Waals surface area contributed by atoms with Gasteiger partial charge in [0, 0.05) is 17.6 Å². The van der Waals surface area contributed by atoms with Crippen LogP contribution in [-0.2, 0) is 10.0 Å². The summed E-state index contributed by atoms with van der Waals surface area (Å²) in [6.07, 6.45) is 1.25. The van der Waals surface area contributed by atoms with Crippen molar-refractivity contribution in [2.75, 3.05) is 0 Å². The maximum absolute atomic E-state index is 13.7. The fourth-order valence-electron chi connectivity index (χ4n) is 2.10. The molecule has 3 aromatic rings. The molecule has 0 amide bonds. The lowest BCUT2D eigenvalue weighted by Crippen LogP contribution is -2.13. The molecular weight excluding hydrogens is 300 g/mol. The van der Waals surface area contributed by atoms with Crippen LogP contribution in [0.4, 0.5) is 8.78 Å². The number of hydrogen-bond acceptors (Lipinski definition) is 3. The zero-order valence-corrected chi connectivity index (χ0v) is 11.3. The molecule has 3 rings (SSSR count). The van der Waals surface area contributed by atoms with E-state index in [-0.39, 0.29) is 11.3 Å². The van der Waals surface area contributed by atoms with Gasteiger partial charge in [0.15, 0.2) is 0 Å². The van der Waals surface area contributed by atoms with Crippen molar-refractivity contribution in [2.24, 2.45) is 0 Å². The highest BCUT2D eigenvalue weighted by Gasteiger charge is 2.23. The Morgan fingerprint density at radius 1 is 1.00 bits per heavy atom. The topological polar surface area (TPSA) is 59.3 Å². The number of phenols is 1. The van der Waals surface area contributed by atoms with Crippen molar-refractivity contribution < 1.29 is 22.3 Å². The van der Waals surface area contributed by atoms with Gasteiger partial charge >= 0.3 is 0 Å². The molecule has 0 saturated carbocycles. The fourth-order valence-corrected chi connectivity index (χ4v) is 3.51. The molecule has 0 radical (unpaired) electrons. The summed E-state index contributed by atoms with van der Waals surface area (Å²) in [4.78, 5) is -0.616. The van der Waals surface area contributed by atoms with Crippen molar-refractivity contribution in [1.82, 2.24) is 3.97 Å². The van der Waals surface area contributed by atoms with Gasteiger partial charge < -0.3 is 5.11 Å². The average molecular weight is 309 g/mol. The number of hydrogen-bond donors (Lipinski definition) is 1. The van der Waals surface area contributed by atoms with E-state index in [1.165, 1.54) is 30.5 Å². The van der Waals surface area contributed by atoms with Gasteiger partial charge in [0.2, 0.25) is 0 Å². The Morgan fingerprint density at radius 2 is 1.76 bits per heavy atom. The molecule has 1 aromatic heterocycles. The quantitative estimate of drug-likeness (QED) is 0.792. The summed E-state index contributed by atoms with van der Waals surface area (Å²) in [5.74, 6) is -2.02. The second kappa shape index (κ2) is 4.56. The fraction of sp³-hybridized carbons (Fsp3) is 0. The van der Waals surface area contributed by atoms with E-state index in [0.29, 0.717) is 11.5 Å². The monoisotopic (exact) mass is 309 g/mol. The van der Waals surface area contributed by atoms with Crippen LogP contribution in [0.15, 0.2) is 53.6 Å². The van der Waals surface area contributed by atoms with Crippen LogP contribution in [0.3, 0.4) is 0 Å². The second-order valence-electron chi connectivity index (χ2n) is 4.43. The summed E-state index contributed by atoms with van der Waals surface area (Å²) in [7, 11) is -4.19. The first-order valence-corrected chi connectivity index (χ1v) is 7.34. The molecule has 0 bridgehead atoms. The van der Waals surface area contributed by atoms with Crippen molar-refractivity contribution in [1.29, 1.82) is 0 Å². The van der Waals surface area contributed by atoms with Gasteiger partial charge in [-0.2, -0.15) is 0 Å². The number of rotatable bonds is 2. The molecule has 0 saturated heterocycles. The largest absolute Gasteiger partial charge is 0.508 e. The first kappa shape index (κ1) is 13.6. The third-order valence-corrected chi connectivity index (χ3v) is 4.79. The Hall–Kier alpha value is -2.41. The average Bonchev–Trinajstić information content (AvgIpc) is 2.81. The Bertz CT molecular complexity index is 948. The summed E-state index contributed by atoms with van der Waals surface area (Å²) >= 11 is 0. The molecule has 0 spiro atoms. The normalized spacial score (nSPS) is 11.9. The molecule has 4 nitrogen and oxygen atoms in total. The summed E-state index contributed by atoms with van der Waals surface area (Å²) < 4.78 is 52.5. The number of nitrogens with zero attached hydrogens (tertiary/aromatic N) is 1. The maximum atomic E-state index is 13.7. The van der Waals surface area contributed by atoms with Crippen LogP contribution < -0.4 is 0 Å². The first-order chi connectivity index (χ1) is 9.89. The zero-order chi connectivity index (χ0) is 15.2. The molecule has 0 aliphatic heterocycles. The summed E-state index contributed by atoms with van der Waals surface area (Å²) in [6, 6.07) is 7.89. The lowest BCUT2D eigenvalue weighted by molar-refractivity contribution is 0.476. The minimum atomic E-state index is -4.19. The number of aromatic hydroxyl groups is 1. The molecule has 0 aliphatic rings. The van der Waals surface area contributed by atoms with Gasteiger partial charge in [0.05, 0.1) is 5.52 Å². The van der Waals surface area contributed by atoms with Crippen LogP contribution in [0.25, 0.3) is 10.9 Å². The third kappa shape index (κ3) is 2.15. The Kier molecular flexibility index (Phi) is 2.94. The molecule has 0 aliphatic carbocycles. The highest BCUT2D eigenvalue weighted by molar-refractivity contribution is 7.90. The molecule has 0 fully saturated rings. The number of aromatic nitrogens is 1. The highest BCUT2D eigenvalue weighted by atomic mass is 32.2. The van der Waals surface area contributed by atoms with Crippen LogP contribution in [0.2, 0.25) is 0 Å². The van der Waals surface area contributed by atoms with Gasteiger partial charge in [-0.25, -0.2) is 21.2 Å². The minimum absolute atomic E-state index is 0.00869. The third-order valence-electron chi connectivity index (χ3n) is 3.07. The molecular formula is C14H9F2NO3S. The number of fused-ring (bicyclic) bond motifs is 1. The van der Waals surface area contributed by atoms with E-state index >= 15 is 0 Å². The van der Waals surface area contributed by atoms with E-state index in [2.05, 4.69) is 0 Å². The van der Waals surface area contributed by atoms with Crippen molar-refractivity contribution in [3.8, 4) is 5.75 Å². The van der Waals surface area contributed by atoms with Gasteiger partial charge in [-0.3, -0.25) is 0 Å². The molecule has 108 valence electrons. The Morgan fingerprint density at radius 3 is 2.48 bits per heavy atom. The van der Waals surface area contributed by atoms with Gasteiger partial charge in [0.25, 0.3) is 10.0 Å². The van der Waals surface area contributed by atoms with Crippen LogP contribution in [0.1, 0.15) is 0 Å². The van der Waals surface area contributed by atoms with E-state index in [9.17, 15) is 22.3 Å². The van der Waals surface area contributed by atoms with E-state index in [1.54, 1.807) is 0 Å². The Balaban J connectivity index is 2.25. The molecule has 7 heteroatoms. The van der Waals surface area contributed by atoms with Gasteiger partial charge in [-0.05, 0) is 36.4 Å². The molecule has 21 heavy (non-hydrogen) atoms. The smallest absolute Gasteiger partial charge is 0.271 e. The van der Waals surface area contributed by atoms with Crippen LogP contribution in [0.5, 0.6) is 5.75 Å². The van der Waals surface area contributed by atoms with Crippen LogP contribution >= 0.6 is 0 Å². The van der Waals surface area contributed by atoms with E-state index in [1.807, 2.05) is 0 Å². The van der Waals surface area contributed by atoms with Crippen molar-refractivity contribution >= 4 is 20.9 Å². The van der Waals surface area contributed by atoms with Gasteiger partial charge in [-0.15, -0.1) is 0 Å². The van der Waals surface area contributed by atoms with E-state index < -0.39 is 26.6 Å². The molecule has 2 aromatic carbocycles. The number of halogens is 2. The zero-order valence-electron chi connectivity index (χ0n) is 10.5. The Labute approximate surface area is 118 Å². The van der Waals surface area contributed by atoms with Gasteiger partial charge in [-0.1, -0.05) is 0 Å². The number of phenolic OH excluding ortho intramolecular Hbond substituents is 1. The van der Waals surface area contributed by atoms with Gasteiger partial charge in [0.1, 0.15) is 22.3 Å². The van der Waals surface area contributed by atoms with Crippen LogP contribution in [0, 0.1) is 11.6 Å². The van der Waals surface area contributed by atoms with Crippen molar-refractivity contribution in [3.05, 3.63) is 60.3 Å². The predicted octanol–water partition coefficient (Wildman–Crippen LogP) is 2.86. The minimum Gasteiger partial charge on any atom is -0.508 e. The SMILES string of the molecule is O=S(=O)(c1ccc(F)cc1F)n1ccc2cc(O)ccc21. The standard InChI is InChI=1S/C14H9F2NO3S/c15-10-1-4-14(12(16)8-10)21(19,20)17-6-5-9-7-11(18)2-3-13(9)17/h1-8,18H. The molecule has 0 unspecified atom stereocenters. The highest BCUT2D eigenvalue weighted by Crippen LogP contribution is 2.26. The predicted molar refractivity (Wildman–Crippen MR) is 72.5 cm³/mol. The molecule has 1 heterocycles. The molecule has 1 N–H and O–H groups in total. The number of benzene rings is 2. The molecule has 0 atom stereocenters. The summed E-state index contributed by atoms with van der Waals surface area (Å²) in [5.41, 5.74) is 0.288. The lowest BCUT2D eigenvalue weighted by atomic mass is 10.2. The lowest BCUT2D eigenvalue weighted by Gasteiger charge is -2.08. The maximum Gasteiger partial charge on any atom is 0.271 e.